The lowest BCUT2D eigenvalue weighted by atomic mass is 10.0. The zero-order valence-electron chi connectivity index (χ0n) is 9.98. The molecular weight excluding hydrogens is 224 g/mol. The molecule has 0 aromatic heterocycles. The van der Waals surface area contributed by atoms with Crippen molar-refractivity contribution in [2.24, 2.45) is 0 Å². The Balaban J connectivity index is 1.96. The molecule has 2 aliphatic rings. The van der Waals surface area contributed by atoms with Crippen molar-refractivity contribution < 1.29 is 8.42 Å². The van der Waals surface area contributed by atoms with Crippen molar-refractivity contribution >= 4 is 9.84 Å². The Labute approximate surface area is 98.3 Å². The molecule has 1 atom stereocenters. The van der Waals surface area contributed by atoms with Gasteiger partial charge in [0.2, 0.25) is 0 Å². The van der Waals surface area contributed by atoms with Gasteiger partial charge in [-0.1, -0.05) is 6.92 Å². The van der Waals surface area contributed by atoms with Gasteiger partial charge in [-0.2, -0.15) is 0 Å². The van der Waals surface area contributed by atoms with Crippen LogP contribution >= 0.6 is 0 Å². The Morgan fingerprint density at radius 1 is 1.31 bits per heavy atom. The molecule has 0 aliphatic carbocycles. The maximum Gasteiger partial charge on any atom is 0.150 e. The predicted molar refractivity (Wildman–Crippen MR) is 65.3 cm³/mol. The minimum Gasteiger partial charge on any atom is -0.314 e. The van der Waals surface area contributed by atoms with E-state index in [1.165, 1.54) is 0 Å². The minimum atomic E-state index is -2.72. The van der Waals surface area contributed by atoms with Crippen LogP contribution in [0.4, 0.5) is 0 Å². The SMILES string of the molecule is CCC1CNCCN1C1CCS(=O)(=O)CC1. The van der Waals surface area contributed by atoms with Crippen LogP contribution in [0.1, 0.15) is 26.2 Å². The molecule has 94 valence electrons. The number of rotatable bonds is 2. The second-order valence-corrected chi connectivity index (χ2v) is 7.19. The lowest BCUT2D eigenvalue weighted by molar-refractivity contribution is 0.0961. The second kappa shape index (κ2) is 5.02. The molecule has 1 N–H and O–H groups in total. The van der Waals surface area contributed by atoms with E-state index < -0.39 is 9.84 Å². The van der Waals surface area contributed by atoms with Gasteiger partial charge in [0.05, 0.1) is 11.5 Å². The predicted octanol–water partition coefficient (Wildman–Crippen LogP) is 0.247. The highest BCUT2D eigenvalue weighted by Crippen LogP contribution is 2.22. The molecule has 2 rings (SSSR count). The van der Waals surface area contributed by atoms with Gasteiger partial charge in [0.1, 0.15) is 9.84 Å². The summed E-state index contributed by atoms with van der Waals surface area (Å²) in [6, 6.07) is 1.09. The number of piperazine rings is 1. The summed E-state index contributed by atoms with van der Waals surface area (Å²) in [4.78, 5) is 2.53. The lowest BCUT2D eigenvalue weighted by Gasteiger charge is -2.42. The Kier molecular flexibility index (Phi) is 3.87. The molecule has 2 aliphatic heterocycles. The summed E-state index contributed by atoms with van der Waals surface area (Å²) in [7, 11) is -2.72. The van der Waals surface area contributed by atoms with Gasteiger partial charge in [-0.25, -0.2) is 8.42 Å². The molecule has 5 heteroatoms. The Bertz CT molecular complexity index is 315. The quantitative estimate of drug-likeness (QED) is 0.759. The third kappa shape index (κ3) is 2.76. The fourth-order valence-electron chi connectivity index (χ4n) is 2.85. The maximum absolute atomic E-state index is 11.4. The van der Waals surface area contributed by atoms with E-state index in [0.29, 0.717) is 23.6 Å². The summed E-state index contributed by atoms with van der Waals surface area (Å²) in [6.07, 6.45) is 2.81. The topological polar surface area (TPSA) is 49.4 Å². The first-order valence-electron chi connectivity index (χ1n) is 6.29. The molecule has 0 radical (unpaired) electrons. The standard InChI is InChI=1S/C11H22N2O2S/c1-2-10-9-12-5-6-13(10)11-3-7-16(14,15)8-4-11/h10-12H,2-9H2,1H3. The largest absolute Gasteiger partial charge is 0.314 e. The van der Waals surface area contributed by atoms with Crippen molar-refractivity contribution in [1.29, 1.82) is 0 Å². The number of hydrogen-bond donors (Lipinski definition) is 1. The molecule has 2 fully saturated rings. The van der Waals surface area contributed by atoms with Crippen LogP contribution in [0.25, 0.3) is 0 Å². The van der Waals surface area contributed by atoms with E-state index in [-0.39, 0.29) is 0 Å². The summed E-state index contributed by atoms with van der Waals surface area (Å²) >= 11 is 0. The molecule has 1 unspecified atom stereocenters. The van der Waals surface area contributed by atoms with E-state index in [2.05, 4.69) is 17.1 Å². The molecular formula is C11H22N2O2S. The van der Waals surface area contributed by atoms with E-state index in [1.54, 1.807) is 0 Å². The fourth-order valence-corrected chi connectivity index (χ4v) is 4.31. The highest BCUT2D eigenvalue weighted by molar-refractivity contribution is 7.91. The third-order valence-electron chi connectivity index (χ3n) is 3.86. The molecule has 0 amide bonds. The summed E-state index contributed by atoms with van der Waals surface area (Å²) < 4.78 is 22.8. The van der Waals surface area contributed by atoms with Gasteiger partial charge in [-0.05, 0) is 19.3 Å². The van der Waals surface area contributed by atoms with Gasteiger partial charge in [-0.15, -0.1) is 0 Å². The normalized spacial score (nSPS) is 32.7. The second-order valence-electron chi connectivity index (χ2n) is 4.89. The number of sulfone groups is 1. The van der Waals surface area contributed by atoms with Gasteiger partial charge in [-0.3, -0.25) is 4.90 Å². The van der Waals surface area contributed by atoms with Crippen LogP contribution in [0.2, 0.25) is 0 Å². The molecule has 2 heterocycles. The van der Waals surface area contributed by atoms with Gasteiger partial charge in [0, 0.05) is 31.7 Å². The van der Waals surface area contributed by atoms with Crippen molar-refractivity contribution in [2.45, 2.75) is 38.3 Å². The zero-order chi connectivity index (χ0) is 11.6. The smallest absolute Gasteiger partial charge is 0.150 e. The van der Waals surface area contributed by atoms with Crippen LogP contribution in [-0.4, -0.2) is 56.5 Å². The molecule has 0 aromatic rings. The number of hydrogen-bond acceptors (Lipinski definition) is 4. The van der Waals surface area contributed by atoms with Gasteiger partial charge >= 0.3 is 0 Å². The van der Waals surface area contributed by atoms with Crippen LogP contribution in [0.3, 0.4) is 0 Å². The van der Waals surface area contributed by atoms with Crippen LogP contribution in [0.5, 0.6) is 0 Å². The van der Waals surface area contributed by atoms with E-state index in [0.717, 1.165) is 38.9 Å². The van der Waals surface area contributed by atoms with E-state index >= 15 is 0 Å². The minimum absolute atomic E-state index is 0.387. The van der Waals surface area contributed by atoms with Crippen molar-refractivity contribution in [3.05, 3.63) is 0 Å². The van der Waals surface area contributed by atoms with Crippen molar-refractivity contribution in [1.82, 2.24) is 10.2 Å². The first-order valence-corrected chi connectivity index (χ1v) is 8.11. The molecule has 16 heavy (non-hydrogen) atoms. The zero-order valence-corrected chi connectivity index (χ0v) is 10.8. The molecule has 4 nitrogen and oxygen atoms in total. The van der Waals surface area contributed by atoms with Crippen LogP contribution in [0.15, 0.2) is 0 Å². The monoisotopic (exact) mass is 246 g/mol. The highest BCUT2D eigenvalue weighted by Gasteiger charge is 2.32. The van der Waals surface area contributed by atoms with Crippen molar-refractivity contribution in [2.75, 3.05) is 31.1 Å². The maximum atomic E-state index is 11.4. The summed E-state index contributed by atoms with van der Waals surface area (Å²) in [5.74, 6) is 0.774. The summed E-state index contributed by atoms with van der Waals surface area (Å²) in [5.41, 5.74) is 0. The highest BCUT2D eigenvalue weighted by atomic mass is 32.2. The van der Waals surface area contributed by atoms with Crippen molar-refractivity contribution in [3.8, 4) is 0 Å². The first kappa shape index (κ1) is 12.3. The van der Waals surface area contributed by atoms with Gasteiger partial charge < -0.3 is 5.32 Å². The molecule has 2 saturated heterocycles. The van der Waals surface area contributed by atoms with Gasteiger partial charge in [0.25, 0.3) is 0 Å². The average Bonchev–Trinajstić information content (AvgIpc) is 2.29. The number of nitrogens with one attached hydrogen (secondary N) is 1. The van der Waals surface area contributed by atoms with E-state index in [9.17, 15) is 8.42 Å². The lowest BCUT2D eigenvalue weighted by Crippen LogP contribution is -2.56. The summed E-state index contributed by atoms with van der Waals surface area (Å²) in [6.45, 7) is 5.38. The Morgan fingerprint density at radius 2 is 2.00 bits per heavy atom. The van der Waals surface area contributed by atoms with Crippen LogP contribution < -0.4 is 5.32 Å². The van der Waals surface area contributed by atoms with Gasteiger partial charge in [0.15, 0.2) is 0 Å². The van der Waals surface area contributed by atoms with Crippen LogP contribution in [-0.2, 0) is 9.84 Å². The fraction of sp³-hybridized carbons (Fsp3) is 1.00. The molecule has 0 spiro atoms. The Morgan fingerprint density at radius 3 is 2.62 bits per heavy atom. The average molecular weight is 246 g/mol. The molecule has 0 saturated carbocycles. The third-order valence-corrected chi connectivity index (χ3v) is 5.58. The van der Waals surface area contributed by atoms with E-state index in [4.69, 9.17) is 0 Å². The molecule has 0 aromatic carbocycles. The van der Waals surface area contributed by atoms with Crippen molar-refractivity contribution in [3.63, 3.8) is 0 Å². The first-order chi connectivity index (χ1) is 7.62. The van der Waals surface area contributed by atoms with Crippen LogP contribution in [0, 0.1) is 0 Å². The summed E-state index contributed by atoms with van der Waals surface area (Å²) in [5, 5.41) is 3.41. The Hall–Kier alpha value is -0.130. The molecule has 0 bridgehead atoms. The van der Waals surface area contributed by atoms with E-state index in [1.807, 2.05) is 0 Å². The number of nitrogens with zero attached hydrogens (tertiary/aromatic N) is 1.